The van der Waals surface area contributed by atoms with E-state index >= 15 is 0 Å². The van der Waals surface area contributed by atoms with Gasteiger partial charge in [-0.2, -0.15) is 0 Å². The van der Waals surface area contributed by atoms with E-state index in [1.165, 1.54) is 4.88 Å². The number of hydrogen-bond donors (Lipinski definition) is 2. The van der Waals surface area contributed by atoms with Crippen molar-refractivity contribution in [1.29, 1.82) is 0 Å². The third-order valence-electron chi connectivity index (χ3n) is 3.17. The summed E-state index contributed by atoms with van der Waals surface area (Å²) in [5.41, 5.74) is 3.19. The van der Waals surface area contributed by atoms with Gasteiger partial charge in [0.25, 0.3) is 0 Å². The predicted molar refractivity (Wildman–Crippen MR) is 79.7 cm³/mol. The Morgan fingerprint density at radius 2 is 2.05 bits per heavy atom. The van der Waals surface area contributed by atoms with Gasteiger partial charge in [0, 0.05) is 23.0 Å². The maximum atomic E-state index is 9.83. The van der Waals surface area contributed by atoms with Crippen molar-refractivity contribution in [3.63, 3.8) is 0 Å². The fourth-order valence-corrected chi connectivity index (χ4v) is 3.11. The van der Waals surface area contributed by atoms with Gasteiger partial charge in [0.2, 0.25) is 0 Å². The number of nitrogens with zero attached hydrogens (tertiary/aromatic N) is 1. The molecule has 3 nitrogen and oxygen atoms in total. The number of aryl methyl sites for hydroxylation is 3. The maximum absolute atomic E-state index is 9.83. The molecule has 19 heavy (non-hydrogen) atoms. The van der Waals surface area contributed by atoms with Crippen molar-refractivity contribution in [2.75, 3.05) is 0 Å². The highest BCUT2D eigenvalue weighted by atomic mass is 32.1. The van der Waals surface area contributed by atoms with Crippen LogP contribution >= 0.6 is 11.3 Å². The van der Waals surface area contributed by atoms with Crippen molar-refractivity contribution in [1.82, 2.24) is 10.3 Å². The fraction of sp³-hybridized carbons (Fsp3) is 0.400. The smallest absolute Gasteiger partial charge is 0.120 e. The molecule has 2 N–H and O–H groups in total. The summed E-state index contributed by atoms with van der Waals surface area (Å²) in [5.74, 6) is 0.350. The summed E-state index contributed by atoms with van der Waals surface area (Å²) in [4.78, 5) is 5.72. The van der Waals surface area contributed by atoms with Gasteiger partial charge < -0.3 is 10.4 Å². The molecule has 0 aliphatic rings. The highest BCUT2D eigenvalue weighted by Crippen LogP contribution is 2.25. The third-order valence-corrected chi connectivity index (χ3v) is 4.42. The zero-order valence-electron chi connectivity index (χ0n) is 11.8. The number of rotatable bonds is 4. The van der Waals surface area contributed by atoms with E-state index in [0.29, 0.717) is 12.3 Å². The van der Waals surface area contributed by atoms with Gasteiger partial charge >= 0.3 is 0 Å². The van der Waals surface area contributed by atoms with Crippen molar-refractivity contribution >= 4 is 11.3 Å². The number of aromatic nitrogens is 1. The van der Waals surface area contributed by atoms with Crippen LogP contribution < -0.4 is 5.32 Å². The number of phenols is 1. The minimum absolute atomic E-state index is 0.242. The van der Waals surface area contributed by atoms with Gasteiger partial charge in [-0.15, -0.1) is 11.3 Å². The molecule has 2 aromatic rings. The molecule has 0 spiro atoms. The number of nitrogens with one attached hydrogen (secondary N) is 1. The molecule has 0 bridgehead atoms. The Kier molecular flexibility index (Phi) is 4.22. The Morgan fingerprint density at radius 3 is 2.68 bits per heavy atom. The van der Waals surface area contributed by atoms with E-state index in [1.54, 1.807) is 17.4 Å². The monoisotopic (exact) mass is 276 g/mol. The molecule has 1 atom stereocenters. The first-order chi connectivity index (χ1) is 8.97. The Balaban J connectivity index is 2.06. The van der Waals surface area contributed by atoms with Crippen LogP contribution in [0.2, 0.25) is 0 Å². The predicted octanol–water partition coefficient (Wildman–Crippen LogP) is 3.62. The molecule has 2 rings (SSSR count). The standard InChI is InChI=1S/C15H20N2OS/c1-9-5-6-14(18)13(7-9)8-16-10(2)15-11(3)17-12(4)19-15/h5-7,10,16,18H,8H2,1-4H3. The van der Waals surface area contributed by atoms with E-state index in [0.717, 1.165) is 21.8 Å². The first kappa shape index (κ1) is 14.0. The first-order valence-corrected chi connectivity index (χ1v) is 7.25. The molecule has 0 saturated heterocycles. The first-order valence-electron chi connectivity index (χ1n) is 6.43. The molecule has 0 amide bonds. The molecule has 1 unspecified atom stereocenters. The summed E-state index contributed by atoms with van der Waals surface area (Å²) in [6.45, 7) is 8.89. The number of hydrogen-bond acceptors (Lipinski definition) is 4. The van der Waals surface area contributed by atoms with Gasteiger partial charge in [-0.05, 0) is 33.8 Å². The number of thiazole rings is 1. The lowest BCUT2D eigenvalue weighted by Gasteiger charge is -2.14. The molecule has 0 aliphatic heterocycles. The molecule has 1 aromatic carbocycles. The Bertz CT molecular complexity index is 578. The quantitative estimate of drug-likeness (QED) is 0.896. The Hall–Kier alpha value is -1.39. The molecule has 102 valence electrons. The van der Waals surface area contributed by atoms with Gasteiger partial charge in [-0.1, -0.05) is 17.7 Å². The summed E-state index contributed by atoms with van der Waals surface area (Å²) in [6, 6.07) is 5.92. The Morgan fingerprint density at radius 1 is 1.32 bits per heavy atom. The van der Waals surface area contributed by atoms with Crippen LogP contribution in [0.15, 0.2) is 18.2 Å². The van der Waals surface area contributed by atoms with Gasteiger partial charge in [-0.25, -0.2) is 4.98 Å². The molecule has 0 aliphatic carbocycles. The van der Waals surface area contributed by atoms with Crippen molar-refractivity contribution in [3.05, 3.63) is 44.9 Å². The third kappa shape index (κ3) is 3.33. The Labute approximate surface area is 118 Å². The number of aromatic hydroxyl groups is 1. The lowest BCUT2D eigenvalue weighted by atomic mass is 10.1. The van der Waals surface area contributed by atoms with E-state index < -0.39 is 0 Å². The normalized spacial score (nSPS) is 12.6. The van der Waals surface area contributed by atoms with E-state index in [9.17, 15) is 5.11 Å². The molecular formula is C15H20N2OS. The van der Waals surface area contributed by atoms with Crippen molar-refractivity contribution in [2.45, 2.75) is 40.3 Å². The van der Waals surface area contributed by atoms with Gasteiger partial charge in [0.1, 0.15) is 5.75 Å². The van der Waals surface area contributed by atoms with Crippen LogP contribution in [0.1, 0.15) is 39.7 Å². The lowest BCUT2D eigenvalue weighted by molar-refractivity contribution is 0.460. The van der Waals surface area contributed by atoms with Crippen molar-refractivity contribution in [3.8, 4) is 5.75 Å². The van der Waals surface area contributed by atoms with E-state index in [2.05, 4.69) is 17.2 Å². The van der Waals surface area contributed by atoms with Crippen molar-refractivity contribution < 1.29 is 5.11 Å². The van der Waals surface area contributed by atoms with Crippen molar-refractivity contribution in [2.24, 2.45) is 0 Å². The summed E-state index contributed by atoms with van der Waals surface area (Å²) in [7, 11) is 0. The fourth-order valence-electron chi connectivity index (χ4n) is 2.16. The second-order valence-corrected chi connectivity index (χ2v) is 6.15. The number of benzene rings is 1. The van der Waals surface area contributed by atoms with E-state index in [-0.39, 0.29) is 6.04 Å². The van der Waals surface area contributed by atoms with Crippen LogP contribution in [-0.2, 0) is 6.54 Å². The zero-order valence-corrected chi connectivity index (χ0v) is 12.6. The summed E-state index contributed by atoms with van der Waals surface area (Å²) < 4.78 is 0. The minimum atomic E-state index is 0.242. The lowest BCUT2D eigenvalue weighted by Crippen LogP contribution is -2.18. The molecule has 0 radical (unpaired) electrons. The molecule has 1 heterocycles. The van der Waals surface area contributed by atoms with Crippen LogP contribution in [0.5, 0.6) is 5.75 Å². The van der Waals surface area contributed by atoms with Crippen LogP contribution in [0.3, 0.4) is 0 Å². The average molecular weight is 276 g/mol. The largest absolute Gasteiger partial charge is 0.508 e. The van der Waals surface area contributed by atoms with Crippen LogP contribution in [0, 0.1) is 20.8 Å². The SMILES string of the molecule is Cc1ccc(O)c(CNC(C)c2sc(C)nc2C)c1. The summed E-state index contributed by atoms with van der Waals surface area (Å²) in [6.07, 6.45) is 0. The minimum Gasteiger partial charge on any atom is -0.508 e. The van der Waals surface area contributed by atoms with E-state index in [1.807, 2.05) is 32.9 Å². The number of phenolic OH excluding ortho intramolecular Hbond substituents is 1. The molecule has 0 fully saturated rings. The van der Waals surface area contributed by atoms with Crippen LogP contribution in [0.4, 0.5) is 0 Å². The summed E-state index contributed by atoms with van der Waals surface area (Å²) in [5, 5.41) is 14.4. The molecule has 0 saturated carbocycles. The second kappa shape index (κ2) is 5.72. The van der Waals surface area contributed by atoms with Crippen LogP contribution in [-0.4, -0.2) is 10.1 Å². The maximum Gasteiger partial charge on any atom is 0.120 e. The second-order valence-electron chi connectivity index (χ2n) is 4.92. The van der Waals surface area contributed by atoms with Gasteiger partial charge in [-0.3, -0.25) is 0 Å². The van der Waals surface area contributed by atoms with Gasteiger partial charge in [0.15, 0.2) is 0 Å². The molecular weight excluding hydrogens is 256 g/mol. The highest BCUT2D eigenvalue weighted by molar-refractivity contribution is 7.11. The molecule has 4 heteroatoms. The highest BCUT2D eigenvalue weighted by Gasteiger charge is 2.13. The van der Waals surface area contributed by atoms with Crippen LogP contribution in [0.25, 0.3) is 0 Å². The van der Waals surface area contributed by atoms with Gasteiger partial charge in [0.05, 0.1) is 10.7 Å². The van der Waals surface area contributed by atoms with E-state index in [4.69, 9.17) is 0 Å². The average Bonchev–Trinajstić information content (AvgIpc) is 2.69. The summed E-state index contributed by atoms with van der Waals surface area (Å²) >= 11 is 1.73. The molecule has 1 aromatic heterocycles. The topological polar surface area (TPSA) is 45.1 Å². The zero-order chi connectivity index (χ0) is 14.0.